The van der Waals surface area contributed by atoms with E-state index in [2.05, 4.69) is 15.9 Å². The maximum absolute atomic E-state index is 13.9. The van der Waals surface area contributed by atoms with E-state index in [0.717, 1.165) is 0 Å². The van der Waals surface area contributed by atoms with E-state index >= 15 is 0 Å². The highest BCUT2D eigenvalue weighted by Gasteiger charge is 2.31. The first-order valence-electron chi connectivity index (χ1n) is 8.17. The first kappa shape index (κ1) is 19.1. The Balaban J connectivity index is 2.10. The van der Waals surface area contributed by atoms with Gasteiger partial charge in [-0.3, -0.25) is 4.79 Å². The van der Waals surface area contributed by atoms with Gasteiger partial charge in [-0.1, -0.05) is 28.1 Å². The minimum atomic E-state index is -0.766. The van der Waals surface area contributed by atoms with Crippen molar-refractivity contribution in [3.05, 3.63) is 69.0 Å². The minimum absolute atomic E-state index is 0.0984. The van der Waals surface area contributed by atoms with Crippen LogP contribution in [0, 0.1) is 12.7 Å². The zero-order chi connectivity index (χ0) is 19.7. The van der Waals surface area contributed by atoms with Crippen LogP contribution >= 0.6 is 15.9 Å². The van der Waals surface area contributed by atoms with Gasteiger partial charge in [-0.2, -0.15) is 0 Å². The molecule has 0 aliphatic carbocycles. The van der Waals surface area contributed by atoms with Crippen molar-refractivity contribution in [2.75, 3.05) is 12.0 Å². The molecule has 7 heteroatoms. The number of esters is 1. The Morgan fingerprint density at radius 1 is 1.30 bits per heavy atom. The average molecular weight is 434 g/mol. The molecule has 1 heterocycles. The zero-order valence-electron chi connectivity index (χ0n) is 14.8. The van der Waals surface area contributed by atoms with Crippen LogP contribution in [0.1, 0.15) is 23.1 Å². The number of hydrogen-bond donors (Lipinski definition) is 1. The molecule has 2 aromatic carbocycles. The number of benzene rings is 2. The van der Waals surface area contributed by atoms with Crippen molar-refractivity contribution >= 4 is 39.3 Å². The fourth-order valence-corrected chi connectivity index (χ4v) is 3.29. The summed E-state index contributed by atoms with van der Waals surface area (Å²) in [6, 6.07) is 9.74. The normalized spacial score (nSPS) is 14.1. The molecule has 0 atom stereocenters. The maximum atomic E-state index is 13.9. The summed E-state index contributed by atoms with van der Waals surface area (Å²) < 4.78 is 19.3. The Bertz CT molecular complexity index is 970. The molecule has 0 aromatic heterocycles. The molecule has 27 heavy (non-hydrogen) atoms. The molecule has 1 aliphatic rings. The topological polar surface area (TPSA) is 66.8 Å². The van der Waals surface area contributed by atoms with E-state index in [1.807, 2.05) is 0 Å². The van der Waals surface area contributed by atoms with Crippen molar-refractivity contribution < 1.29 is 23.8 Å². The molecule has 0 saturated heterocycles. The number of rotatable bonds is 3. The Kier molecular flexibility index (Phi) is 5.32. The number of methoxy groups -OCH3 is 1. The van der Waals surface area contributed by atoms with E-state index in [1.165, 1.54) is 18.1 Å². The van der Waals surface area contributed by atoms with Crippen molar-refractivity contribution in [3.8, 4) is 0 Å². The fraction of sp³-hybridized carbons (Fsp3) is 0.200. The van der Waals surface area contributed by atoms with Crippen molar-refractivity contribution in [3.63, 3.8) is 0 Å². The lowest BCUT2D eigenvalue weighted by atomic mass is 10.1. The van der Waals surface area contributed by atoms with Gasteiger partial charge in [0.05, 0.1) is 31.3 Å². The zero-order valence-corrected chi connectivity index (χ0v) is 16.3. The monoisotopic (exact) mass is 433 g/mol. The lowest BCUT2D eigenvalue weighted by Gasteiger charge is -2.23. The summed E-state index contributed by atoms with van der Waals surface area (Å²) in [4.78, 5) is 26.3. The number of carbonyl (C=O) groups is 2. The van der Waals surface area contributed by atoms with Crippen LogP contribution in [0.25, 0.3) is 5.76 Å². The summed E-state index contributed by atoms with van der Waals surface area (Å²) in [7, 11) is 1.19. The van der Waals surface area contributed by atoms with E-state index in [-0.39, 0.29) is 30.1 Å². The number of fused-ring (bicyclic) bond motifs is 1. The predicted molar refractivity (Wildman–Crippen MR) is 103 cm³/mol. The number of anilines is 1. The summed E-state index contributed by atoms with van der Waals surface area (Å²) in [6.07, 6.45) is -0.320. The quantitative estimate of drug-likeness (QED) is 0.733. The minimum Gasteiger partial charge on any atom is -0.507 e. The Hall–Kier alpha value is -2.67. The number of aliphatic hydroxyl groups excluding tert-OH is 1. The van der Waals surface area contributed by atoms with Gasteiger partial charge in [0.1, 0.15) is 11.6 Å². The third-order valence-electron chi connectivity index (χ3n) is 4.43. The Morgan fingerprint density at radius 2 is 2.04 bits per heavy atom. The van der Waals surface area contributed by atoms with Crippen LogP contribution in [0.4, 0.5) is 10.1 Å². The molecule has 1 N–H and O–H groups in total. The van der Waals surface area contributed by atoms with E-state index in [0.29, 0.717) is 26.9 Å². The van der Waals surface area contributed by atoms with Gasteiger partial charge in [-0.25, -0.2) is 9.18 Å². The van der Waals surface area contributed by atoms with E-state index in [9.17, 15) is 19.1 Å². The van der Waals surface area contributed by atoms with Gasteiger partial charge >= 0.3 is 5.97 Å². The molecule has 0 saturated carbocycles. The van der Waals surface area contributed by atoms with Gasteiger partial charge in [0.25, 0.3) is 0 Å². The second-order valence-electron chi connectivity index (χ2n) is 6.22. The van der Waals surface area contributed by atoms with Crippen LogP contribution < -0.4 is 4.90 Å². The Morgan fingerprint density at radius 3 is 2.70 bits per heavy atom. The summed E-state index contributed by atoms with van der Waals surface area (Å²) in [5, 5.41) is 10.6. The van der Waals surface area contributed by atoms with Crippen LogP contribution in [-0.2, 0) is 20.9 Å². The van der Waals surface area contributed by atoms with Gasteiger partial charge in [-0.15, -0.1) is 0 Å². The molecule has 0 unspecified atom stereocenters. The number of hydrogen-bond acceptors (Lipinski definition) is 4. The first-order valence-corrected chi connectivity index (χ1v) is 8.97. The second-order valence-corrected chi connectivity index (χ2v) is 7.14. The molecule has 3 rings (SSSR count). The van der Waals surface area contributed by atoms with Gasteiger partial charge in [-0.05, 0) is 42.3 Å². The SMILES string of the molecule is COC(=O)C1=C(O)c2ccc(Br)cc2N(Cc2ccc(C)c(F)c2)C(=O)C1. The van der Waals surface area contributed by atoms with Crippen LogP contribution in [0.2, 0.25) is 0 Å². The van der Waals surface area contributed by atoms with Crippen molar-refractivity contribution in [1.29, 1.82) is 0 Å². The van der Waals surface area contributed by atoms with E-state index in [1.54, 1.807) is 37.3 Å². The van der Waals surface area contributed by atoms with Gasteiger partial charge in [0, 0.05) is 10.0 Å². The molecule has 2 aromatic rings. The van der Waals surface area contributed by atoms with Gasteiger partial charge in [0.2, 0.25) is 5.91 Å². The number of carbonyl (C=O) groups excluding carboxylic acids is 2. The highest BCUT2D eigenvalue weighted by molar-refractivity contribution is 9.10. The Labute approximate surface area is 164 Å². The molecule has 0 fully saturated rings. The molecular weight excluding hydrogens is 417 g/mol. The number of amides is 1. The first-order chi connectivity index (χ1) is 12.8. The number of halogens is 2. The van der Waals surface area contributed by atoms with Crippen LogP contribution in [0.15, 0.2) is 46.4 Å². The lowest BCUT2D eigenvalue weighted by Crippen LogP contribution is -2.30. The molecule has 0 radical (unpaired) electrons. The average Bonchev–Trinajstić information content (AvgIpc) is 2.74. The second kappa shape index (κ2) is 7.52. The predicted octanol–water partition coefficient (Wildman–Crippen LogP) is 4.28. The summed E-state index contributed by atoms with van der Waals surface area (Å²) in [5.74, 6) is -1.83. The lowest BCUT2D eigenvalue weighted by molar-refractivity contribution is -0.137. The van der Waals surface area contributed by atoms with Gasteiger partial charge in [0.15, 0.2) is 0 Å². The molecule has 0 bridgehead atoms. The molecule has 140 valence electrons. The summed E-state index contributed by atoms with van der Waals surface area (Å²) >= 11 is 3.36. The smallest absolute Gasteiger partial charge is 0.338 e. The number of nitrogens with zero attached hydrogens (tertiary/aromatic N) is 1. The van der Waals surface area contributed by atoms with Crippen LogP contribution in [0.3, 0.4) is 0 Å². The van der Waals surface area contributed by atoms with Crippen molar-refractivity contribution in [1.82, 2.24) is 0 Å². The number of aliphatic hydroxyl groups is 1. The van der Waals surface area contributed by atoms with Crippen molar-refractivity contribution in [2.45, 2.75) is 19.9 Å². The number of aryl methyl sites for hydroxylation is 1. The molecular formula is C20H17BrFNO4. The van der Waals surface area contributed by atoms with Crippen LogP contribution in [-0.4, -0.2) is 24.1 Å². The third-order valence-corrected chi connectivity index (χ3v) is 4.92. The molecule has 0 spiro atoms. The standard InChI is InChI=1S/C20H17BrFNO4/c1-11-3-4-12(7-16(11)22)10-23-17-8-13(21)5-6-14(17)19(25)15(9-18(23)24)20(26)27-2/h3-8,25H,9-10H2,1-2H3. The molecule has 1 aliphatic heterocycles. The summed E-state index contributed by atoms with van der Waals surface area (Å²) in [5.41, 5.74) is 1.75. The van der Waals surface area contributed by atoms with Gasteiger partial charge < -0.3 is 14.7 Å². The molecule has 5 nitrogen and oxygen atoms in total. The van der Waals surface area contributed by atoms with Crippen LogP contribution in [0.5, 0.6) is 0 Å². The van der Waals surface area contributed by atoms with E-state index < -0.39 is 11.9 Å². The highest BCUT2D eigenvalue weighted by atomic mass is 79.9. The number of ether oxygens (including phenoxy) is 1. The van der Waals surface area contributed by atoms with Crippen molar-refractivity contribution in [2.24, 2.45) is 0 Å². The highest BCUT2D eigenvalue weighted by Crippen LogP contribution is 2.36. The largest absolute Gasteiger partial charge is 0.507 e. The third kappa shape index (κ3) is 3.73. The fourth-order valence-electron chi connectivity index (χ4n) is 2.94. The maximum Gasteiger partial charge on any atom is 0.338 e. The summed E-state index contributed by atoms with van der Waals surface area (Å²) in [6.45, 7) is 1.76. The molecule has 1 amide bonds. The van der Waals surface area contributed by atoms with E-state index in [4.69, 9.17) is 4.74 Å².